The molecule has 1 aromatic heterocycles. The monoisotopic (exact) mass is 322 g/mol. The van der Waals surface area contributed by atoms with Gasteiger partial charge in [0.2, 0.25) is 0 Å². The standard InChI is InChI=1S/C16H22N2OS2/c1-3-18-13-7-5-4-6-12(13)17-15(18)10-14(19)16-11(2)20-8-9-21-16/h4-7,11,14,16,19H,3,8-10H2,1-2H3. The summed E-state index contributed by atoms with van der Waals surface area (Å²) in [5, 5.41) is 11.5. The van der Waals surface area contributed by atoms with Crippen LogP contribution < -0.4 is 0 Å². The van der Waals surface area contributed by atoms with Crippen molar-refractivity contribution >= 4 is 34.6 Å². The number of aliphatic hydroxyl groups is 1. The molecule has 0 aliphatic carbocycles. The predicted octanol–water partition coefficient (Wildman–Crippen LogP) is 3.20. The summed E-state index contributed by atoms with van der Waals surface area (Å²) >= 11 is 3.88. The maximum Gasteiger partial charge on any atom is 0.112 e. The average Bonchev–Trinajstić information content (AvgIpc) is 2.84. The van der Waals surface area contributed by atoms with Gasteiger partial charge in [0.1, 0.15) is 5.82 Å². The summed E-state index contributed by atoms with van der Waals surface area (Å²) in [4.78, 5) is 4.73. The van der Waals surface area contributed by atoms with Crippen molar-refractivity contribution in [2.45, 2.75) is 43.4 Å². The van der Waals surface area contributed by atoms with Crippen molar-refractivity contribution in [2.75, 3.05) is 11.5 Å². The zero-order valence-corrected chi connectivity index (χ0v) is 14.2. The third-order valence-corrected chi connectivity index (χ3v) is 7.29. The molecule has 0 spiro atoms. The zero-order chi connectivity index (χ0) is 14.8. The highest BCUT2D eigenvalue weighted by atomic mass is 32.2. The van der Waals surface area contributed by atoms with Crippen LogP contribution >= 0.6 is 23.5 Å². The molecule has 1 aromatic carbocycles. The van der Waals surface area contributed by atoms with Crippen molar-refractivity contribution in [2.24, 2.45) is 0 Å². The largest absolute Gasteiger partial charge is 0.391 e. The Balaban J connectivity index is 1.83. The van der Waals surface area contributed by atoms with Crippen LogP contribution in [0.25, 0.3) is 11.0 Å². The van der Waals surface area contributed by atoms with Gasteiger partial charge in [-0.15, -0.1) is 0 Å². The lowest BCUT2D eigenvalue weighted by Gasteiger charge is -2.31. The lowest BCUT2D eigenvalue weighted by atomic mass is 10.1. The number of hydrogen-bond donors (Lipinski definition) is 1. The van der Waals surface area contributed by atoms with Crippen molar-refractivity contribution < 1.29 is 5.11 Å². The number of fused-ring (bicyclic) bond motifs is 1. The molecular formula is C16H22N2OS2. The molecule has 5 heteroatoms. The molecule has 3 nitrogen and oxygen atoms in total. The average molecular weight is 322 g/mol. The van der Waals surface area contributed by atoms with Gasteiger partial charge in [-0.2, -0.15) is 23.5 Å². The molecule has 3 unspecified atom stereocenters. The van der Waals surface area contributed by atoms with Crippen LogP contribution in [0.2, 0.25) is 0 Å². The van der Waals surface area contributed by atoms with Crippen molar-refractivity contribution in [1.82, 2.24) is 9.55 Å². The number of para-hydroxylation sites is 2. The van der Waals surface area contributed by atoms with Crippen molar-refractivity contribution in [3.63, 3.8) is 0 Å². The minimum absolute atomic E-state index is 0.314. The summed E-state index contributed by atoms with van der Waals surface area (Å²) in [6.45, 7) is 5.26. The Morgan fingerprint density at radius 3 is 2.86 bits per heavy atom. The lowest BCUT2D eigenvalue weighted by molar-refractivity contribution is 0.168. The van der Waals surface area contributed by atoms with Gasteiger partial charge in [-0.05, 0) is 19.1 Å². The van der Waals surface area contributed by atoms with E-state index in [2.05, 4.69) is 24.5 Å². The van der Waals surface area contributed by atoms with Gasteiger partial charge in [-0.1, -0.05) is 19.1 Å². The highest BCUT2D eigenvalue weighted by Gasteiger charge is 2.30. The van der Waals surface area contributed by atoms with Gasteiger partial charge in [-0.3, -0.25) is 0 Å². The third kappa shape index (κ3) is 3.10. The van der Waals surface area contributed by atoms with E-state index in [4.69, 9.17) is 4.98 Å². The van der Waals surface area contributed by atoms with Crippen molar-refractivity contribution in [3.8, 4) is 0 Å². The summed E-state index contributed by atoms with van der Waals surface area (Å²) in [7, 11) is 0. The van der Waals surface area contributed by atoms with Gasteiger partial charge < -0.3 is 9.67 Å². The first kappa shape index (κ1) is 15.3. The molecule has 1 fully saturated rings. The Morgan fingerprint density at radius 1 is 1.33 bits per heavy atom. The predicted molar refractivity (Wildman–Crippen MR) is 93.3 cm³/mol. The van der Waals surface area contributed by atoms with Crippen LogP contribution in [-0.2, 0) is 13.0 Å². The van der Waals surface area contributed by atoms with Gasteiger partial charge >= 0.3 is 0 Å². The SMILES string of the molecule is CCn1c(CC(O)C2SCCSC2C)nc2ccccc21. The Morgan fingerprint density at radius 2 is 2.10 bits per heavy atom. The number of aliphatic hydroxyl groups excluding tert-OH is 1. The normalized spacial score (nSPS) is 24.3. The summed E-state index contributed by atoms with van der Waals surface area (Å²) in [6.07, 6.45) is 0.324. The Bertz CT molecular complexity index is 613. The van der Waals surface area contributed by atoms with Gasteiger partial charge in [0, 0.05) is 35.0 Å². The Kier molecular flexibility index (Phi) is 4.82. The van der Waals surface area contributed by atoms with Crippen LogP contribution in [0, 0.1) is 0 Å². The molecule has 1 aliphatic heterocycles. The molecule has 0 bridgehead atoms. The summed E-state index contributed by atoms with van der Waals surface area (Å²) < 4.78 is 2.23. The molecule has 114 valence electrons. The highest BCUT2D eigenvalue weighted by molar-refractivity contribution is 8.07. The Labute approximate surface area is 134 Å². The van der Waals surface area contributed by atoms with Crippen LogP contribution in [0.15, 0.2) is 24.3 Å². The van der Waals surface area contributed by atoms with E-state index in [1.54, 1.807) is 0 Å². The van der Waals surface area contributed by atoms with Crippen LogP contribution in [0.3, 0.4) is 0 Å². The first-order chi connectivity index (χ1) is 10.2. The second kappa shape index (κ2) is 6.63. The lowest BCUT2D eigenvalue weighted by Crippen LogP contribution is -2.36. The minimum atomic E-state index is -0.320. The second-order valence-electron chi connectivity index (χ2n) is 5.44. The molecule has 0 saturated carbocycles. The fourth-order valence-electron chi connectivity index (χ4n) is 3.01. The molecule has 2 aromatic rings. The molecule has 3 atom stereocenters. The maximum atomic E-state index is 10.7. The van der Waals surface area contributed by atoms with E-state index in [0.717, 1.165) is 23.6 Å². The third-order valence-electron chi connectivity index (χ3n) is 4.06. The molecule has 2 heterocycles. The highest BCUT2D eigenvalue weighted by Crippen LogP contribution is 2.34. The molecule has 3 rings (SSSR count). The summed E-state index contributed by atoms with van der Waals surface area (Å²) in [6, 6.07) is 8.22. The number of hydrogen-bond acceptors (Lipinski definition) is 4. The van der Waals surface area contributed by atoms with E-state index >= 15 is 0 Å². The van der Waals surface area contributed by atoms with Crippen LogP contribution in [0.5, 0.6) is 0 Å². The second-order valence-corrected chi connectivity index (χ2v) is 8.21. The molecule has 21 heavy (non-hydrogen) atoms. The van der Waals surface area contributed by atoms with Crippen LogP contribution in [0.1, 0.15) is 19.7 Å². The van der Waals surface area contributed by atoms with E-state index in [-0.39, 0.29) is 6.10 Å². The molecule has 1 saturated heterocycles. The molecule has 1 N–H and O–H groups in total. The van der Waals surface area contributed by atoms with Crippen molar-refractivity contribution in [1.29, 1.82) is 0 Å². The molecular weight excluding hydrogens is 300 g/mol. The topological polar surface area (TPSA) is 38.0 Å². The summed E-state index contributed by atoms with van der Waals surface area (Å²) in [5.74, 6) is 3.35. The first-order valence-electron chi connectivity index (χ1n) is 7.56. The maximum absolute atomic E-state index is 10.7. The van der Waals surface area contributed by atoms with Crippen molar-refractivity contribution in [3.05, 3.63) is 30.1 Å². The first-order valence-corrected chi connectivity index (χ1v) is 9.66. The number of rotatable bonds is 4. The number of thioether (sulfide) groups is 2. The van der Waals surface area contributed by atoms with Gasteiger partial charge in [-0.25, -0.2) is 4.98 Å². The zero-order valence-electron chi connectivity index (χ0n) is 12.5. The van der Waals surface area contributed by atoms with Crippen LogP contribution in [0.4, 0.5) is 0 Å². The van der Waals surface area contributed by atoms with E-state index in [1.807, 2.05) is 41.7 Å². The molecule has 0 amide bonds. The number of benzene rings is 1. The van der Waals surface area contributed by atoms with Crippen LogP contribution in [-0.4, -0.2) is 42.8 Å². The fourth-order valence-corrected chi connectivity index (χ4v) is 5.86. The molecule has 0 radical (unpaired) electrons. The summed E-state index contributed by atoms with van der Waals surface area (Å²) in [5.41, 5.74) is 2.20. The smallest absolute Gasteiger partial charge is 0.112 e. The van der Waals surface area contributed by atoms with E-state index in [9.17, 15) is 5.11 Å². The fraction of sp³-hybridized carbons (Fsp3) is 0.562. The Hall–Kier alpha value is -0.650. The number of aryl methyl sites for hydroxylation is 1. The van der Waals surface area contributed by atoms with E-state index < -0.39 is 0 Å². The number of aromatic nitrogens is 2. The van der Waals surface area contributed by atoms with Gasteiger partial charge in [0.25, 0.3) is 0 Å². The van der Waals surface area contributed by atoms with Gasteiger partial charge in [0.15, 0.2) is 0 Å². The van der Waals surface area contributed by atoms with E-state index in [1.165, 1.54) is 11.3 Å². The van der Waals surface area contributed by atoms with Gasteiger partial charge in [0.05, 0.1) is 17.1 Å². The van der Waals surface area contributed by atoms with E-state index in [0.29, 0.717) is 16.9 Å². The molecule has 1 aliphatic rings. The minimum Gasteiger partial charge on any atom is -0.391 e. The number of imidazole rings is 1. The quantitative estimate of drug-likeness (QED) is 0.938. The number of nitrogens with zero attached hydrogens (tertiary/aromatic N) is 2.